The lowest BCUT2D eigenvalue weighted by molar-refractivity contribution is -0.137. The molecule has 6 heteroatoms. The smallest absolute Gasteiger partial charge is 0.416 e. The van der Waals surface area contributed by atoms with Gasteiger partial charge in [-0.15, -0.1) is 0 Å². The van der Waals surface area contributed by atoms with Gasteiger partial charge in [0.05, 0.1) is 11.8 Å². The van der Waals surface area contributed by atoms with E-state index in [0.29, 0.717) is 5.56 Å². The van der Waals surface area contributed by atoms with Crippen LogP contribution in [-0.4, -0.2) is 5.91 Å². The maximum Gasteiger partial charge on any atom is 0.416 e. The van der Waals surface area contributed by atoms with Crippen molar-refractivity contribution in [3.05, 3.63) is 78.3 Å². The third kappa shape index (κ3) is 3.32. The molecule has 1 heterocycles. The predicted molar refractivity (Wildman–Crippen MR) is 83.5 cm³/mol. The summed E-state index contributed by atoms with van der Waals surface area (Å²) >= 11 is 0. The van der Waals surface area contributed by atoms with Crippen LogP contribution in [0, 0.1) is 0 Å². The number of amides is 1. The van der Waals surface area contributed by atoms with Gasteiger partial charge in [0, 0.05) is 11.3 Å². The largest absolute Gasteiger partial charge is 0.459 e. The highest BCUT2D eigenvalue weighted by Gasteiger charge is 2.30. The van der Waals surface area contributed by atoms with E-state index in [4.69, 9.17) is 4.42 Å². The zero-order valence-electron chi connectivity index (χ0n) is 12.3. The van der Waals surface area contributed by atoms with E-state index in [9.17, 15) is 18.0 Å². The molecule has 0 unspecified atom stereocenters. The van der Waals surface area contributed by atoms with Crippen molar-refractivity contribution in [1.82, 2.24) is 0 Å². The second-order valence-corrected chi connectivity index (χ2v) is 5.06. The number of rotatable bonds is 3. The molecule has 1 amide bonds. The highest BCUT2D eigenvalue weighted by Crippen LogP contribution is 2.31. The van der Waals surface area contributed by atoms with Gasteiger partial charge in [0.1, 0.15) is 0 Å². The summed E-state index contributed by atoms with van der Waals surface area (Å²) in [6.45, 7) is 0. The Kier molecular flexibility index (Phi) is 4.12. The summed E-state index contributed by atoms with van der Waals surface area (Å²) < 4.78 is 43.4. The van der Waals surface area contributed by atoms with Crippen LogP contribution in [0.25, 0.3) is 11.1 Å². The number of carbonyl (C=O) groups excluding carboxylic acids is 1. The fourth-order valence-electron chi connectivity index (χ4n) is 2.29. The molecule has 0 saturated carbocycles. The molecule has 0 aliphatic rings. The molecule has 3 aromatic rings. The van der Waals surface area contributed by atoms with Crippen molar-refractivity contribution in [2.24, 2.45) is 0 Å². The molecule has 0 radical (unpaired) electrons. The standard InChI is InChI=1S/C18H12F3NO2/c19-18(20,21)13-7-4-8-14(11-13)22-17(23)16-15(9-10-24-16)12-5-2-1-3-6-12/h1-11H,(H,22,23). The average molecular weight is 331 g/mol. The van der Waals surface area contributed by atoms with Gasteiger partial charge in [-0.25, -0.2) is 0 Å². The van der Waals surface area contributed by atoms with Crippen LogP contribution in [0.1, 0.15) is 16.1 Å². The van der Waals surface area contributed by atoms with E-state index < -0.39 is 17.6 Å². The van der Waals surface area contributed by atoms with Crippen LogP contribution in [0.3, 0.4) is 0 Å². The Bertz CT molecular complexity index is 854. The number of carbonyl (C=O) groups is 1. The summed E-state index contributed by atoms with van der Waals surface area (Å²) in [4.78, 5) is 12.3. The maximum absolute atomic E-state index is 12.7. The number of halogens is 3. The van der Waals surface area contributed by atoms with E-state index in [1.807, 2.05) is 30.3 Å². The molecule has 1 aromatic heterocycles. The molecule has 2 aromatic carbocycles. The summed E-state index contributed by atoms with van der Waals surface area (Å²) in [6.07, 6.45) is -3.11. The topological polar surface area (TPSA) is 42.2 Å². The number of alkyl halides is 3. The Morgan fingerprint density at radius 2 is 1.71 bits per heavy atom. The first-order valence-corrected chi connectivity index (χ1v) is 7.06. The highest BCUT2D eigenvalue weighted by molar-refractivity contribution is 6.06. The number of hydrogen-bond acceptors (Lipinski definition) is 2. The van der Waals surface area contributed by atoms with Gasteiger partial charge in [-0.1, -0.05) is 36.4 Å². The molecule has 0 spiro atoms. The van der Waals surface area contributed by atoms with E-state index in [0.717, 1.165) is 17.7 Å². The summed E-state index contributed by atoms with van der Waals surface area (Å²) in [5, 5.41) is 2.43. The molecular formula is C18H12F3NO2. The van der Waals surface area contributed by atoms with Crippen molar-refractivity contribution in [2.45, 2.75) is 6.18 Å². The SMILES string of the molecule is O=C(Nc1cccc(C(F)(F)F)c1)c1occc1-c1ccccc1. The monoisotopic (exact) mass is 331 g/mol. The highest BCUT2D eigenvalue weighted by atomic mass is 19.4. The number of benzene rings is 2. The molecule has 0 fully saturated rings. The average Bonchev–Trinajstić information content (AvgIpc) is 3.05. The Labute approximate surface area is 135 Å². The minimum absolute atomic E-state index is 0.0404. The molecule has 1 N–H and O–H groups in total. The van der Waals surface area contributed by atoms with Gasteiger partial charge in [0.2, 0.25) is 0 Å². The zero-order chi connectivity index (χ0) is 17.2. The van der Waals surface area contributed by atoms with E-state index in [1.165, 1.54) is 18.4 Å². The number of anilines is 1. The molecule has 3 nitrogen and oxygen atoms in total. The van der Waals surface area contributed by atoms with E-state index >= 15 is 0 Å². The van der Waals surface area contributed by atoms with Crippen molar-refractivity contribution in [3.63, 3.8) is 0 Å². The van der Waals surface area contributed by atoms with Crippen molar-refractivity contribution in [2.75, 3.05) is 5.32 Å². The van der Waals surface area contributed by atoms with Gasteiger partial charge in [0.15, 0.2) is 5.76 Å². The first-order chi connectivity index (χ1) is 11.4. The van der Waals surface area contributed by atoms with Gasteiger partial charge in [-0.05, 0) is 29.8 Å². The zero-order valence-corrected chi connectivity index (χ0v) is 12.3. The molecule has 122 valence electrons. The lowest BCUT2D eigenvalue weighted by Gasteiger charge is -2.09. The van der Waals surface area contributed by atoms with Crippen LogP contribution in [0.4, 0.5) is 18.9 Å². The van der Waals surface area contributed by atoms with Gasteiger partial charge in [-0.3, -0.25) is 4.79 Å². The normalized spacial score (nSPS) is 11.3. The quantitative estimate of drug-likeness (QED) is 0.715. The molecule has 0 aliphatic heterocycles. The lowest BCUT2D eigenvalue weighted by Crippen LogP contribution is -2.13. The van der Waals surface area contributed by atoms with Gasteiger partial charge < -0.3 is 9.73 Å². The summed E-state index contributed by atoms with van der Waals surface area (Å²) in [5.41, 5.74) is 0.564. The summed E-state index contributed by atoms with van der Waals surface area (Å²) in [6, 6.07) is 15.2. The number of nitrogens with one attached hydrogen (secondary N) is 1. The molecule has 0 atom stereocenters. The number of hydrogen-bond donors (Lipinski definition) is 1. The van der Waals surface area contributed by atoms with Crippen LogP contribution < -0.4 is 5.32 Å². The second kappa shape index (κ2) is 6.23. The molecule has 0 saturated heterocycles. The molecular weight excluding hydrogens is 319 g/mol. The molecule has 0 aliphatic carbocycles. The van der Waals surface area contributed by atoms with E-state index in [2.05, 4.69) is 5.32 Å². The first kappa shape index (κ1) is 15.9. The fourth-order valence-corrected chi connectivity index (χ4v) is 2.29. The van der Waals surface area contributed by atoms with Crippen molar-refractivity contribution < 1.29 is 22.4 Å². The molecule has 24 heavy (non-hydrogen) atoms. The Balaban J connectivity index is 1.86. The van der Waals surface area contributed by atoms with Crippen LogP contribution in [-0.2, 0) is 6.18 Å². The van der Waals surface area contributed by atoms with Crippen LogP contribution in [0.2, 0.25) is 0 Å². The van der Waals surface area contributed by atoms with Crippen molar-refractivity contribution in [3.8, 4) is 11.1 Å². The maximum atomic E-state index is 12.7. The molecule has 0 bridgehead atoms. The summed E-state index contributed by atoms with van der Waals surface area (Å²) in [5.74, 6) is -0.572. The Morgan fingerprint density at radius 1 is 0.958 bits per heavy atom. The van der Waals surface area contributed by atoms with Gasteiger partial charge >= 0.3 is 6.18 Å². The van der Waals surface area contributed by atoms with Gasteiger partial charge in [0.25, 0.3) is 5.91 Å². The van der Waals surface area contributed by atoms with Crippen molar-refractivity contribution in [1.29, 1.82) is 0 Å². The van der Waals surface area contributed by atoms with Crippen LogP contribution in [0.15, 0.2) is 71.3 Å². The predicted octanol–water partition coefficient (Wildman–Crippen LogP) is 5.22. The van der Waals surface area contributed by atoms with E-state index in [1.54, 1.807) is 6.07 Å². The van der Waals surface area contributed by atoms with Crippen molar-refractivity contribution >= 4 is 11.6 Å². The third-order valence-corrected chi connectivity index (χ3v) is 3.40. The minimum atomic E-state index is -4.47. The van der Waals surface area contributed by atoms with Gasteiger partial charge in [-0.2, -0.15) is 13.2 Å². The van der Waals surface area contributed by atoms with Crippen LogP contribution in [0.5, 0.6) is 0 Å². The first-order valence-electron chi connectivity index (χ1n) is 7.06. The lowest BCUT2D eigenvalue weighted by atomic mass is 10.1. The number of furan rings is 1. The Hall–Kier alpha value is -3.02. The fraction of sp³-hybridized carbons (Fsp3) is 0.0556. The van der Waals surface area contributed by atoms with Crippen LogP contribution >= 0.6 is 0 Å². The Morgan fingerprint density at radius 3 is 2.42 bits per heavy atom. The summed E-state index contributed by atoms with van der Waals surface area (Å²) in [7, 11) is 0. The van der Waals surface area contributed by atoms with E-state index in [-0.39, 0.29) is 11.4 Å². The third-order valence-electron chi connectivity index (χ3n) is 3.40. The second-order valence-electron chi connectivity index (χ2n) is 5.06. The minimum Gasteiger partial charge on any atom is -0.459 e. The molecule has 3 rings (SSSR count).